The van der Waals surface area contributed by atoms with E-state index in [1.165, 1.54) is 4.90 Å². The summed E-state index contributed by atoms with van der Waals surface area (Å²) in [5.74, 6) is 1.17. The second-order valence-electron chi connectivity index (χ2n) is 4.78. The smallest absolute Gasteiger partial charge is 0.152 e. The number of benzene rings is 1. The first-order chi connectivity index (χ1) is 9.02. The number of nitrogens with two attached hydrogens (primary N) is 1. The number of hydrogen-bond donors (Lipinski definition) is 2. The molecule has 2 rings (SSSR count). The Morgan fingerprint density at radius 3 is 2.37 bits per heavy atom. The monoisotopic (exact) mass is 276 g/mol. The van der Waals surface area contributed by atoms with Gasteiger partial charge in [-0.15, -0.1) is 11.8 Å². The summed E-state index contributed by atoms with van der Waals surface area (Å²) in [6.45, 7) is 4.19. The maximum atomic E-state index is 6.16. The van der Waals surface area contributed by atoms with E-state index in [2.05, 4.69) is 42.7 Å². The first-order valence-corrected chi connectivity index (χ1v) is 7.48. The van der Waals surface area contributed by atoms with Crippen LogP contribution in [-0.4, -0.2) is 16.0 Å². The molecule has 1 aromatic carbocycles. The highest BCUT2D eigenvalue weighted by Gasteiger charge is 2.15. The van der Waals surface area contributed by atoms with E-state index in [4.69, 9.17) is 5.73 Å². The Labute approximate surface area is 118 Å². The van der Waals surface area contributed by atoms with Crippen molar-refractivity contribution in [2.24, 2.45) is 7.05 Å². The van der Waals surface area contributed by atoms with E-state index >= 15 is 0 Å². The summed E-state index contributed by atoms with van der Waals surface area (Å²) in [7, 11) is 1.90. The molecule has 0 aliphatic carbocycles. The number of nitrogen functional groups attached to an aromatic ring is 1. The maximum absolute atomic E-state index is 6.16. The molecule has 5 heteroatoms. The van der Waals surface area contributed by atoms with Gasteiger partial charge in [0.15, 0.2) is 5.82 Å². The summed E-state index contributed by atoms with van der Waals surface area (Å²) in [4.78, 5) is 1.24. The number of thioether (sulfide) groups is 1. The fourth-order valence-electron chi connectivity index (χ4n) is 1.95. The first kappa shape index (κ1) is 13.8. The van der Waals surface area contributed by atoms with Gasteiger partial charge in [0.05, 0.1) is 11.4 Å². The summed E-state index contributed by atoms with van der Waals surface area (Å²) < 4.78 is 1.80. The van der Waals surface area contributed by atoms with E-state index in [0.29, 0.717) is 5.92 Å². The summed E-state index contributed by atoms with van der Waals surface area (Å²) >= 11 is 1.73. The molecule has 0 aliphatic rings. The van der Waals surface area contributed by atoms with Crippen molar-refractivity contribution in [2.45, 2.75) is 24.7 Å². The maximum Gasteiger partial charge on any atom is 0.152 e. The molecule has 0 saturated carbocycles. The molecule has 0 fully saturated rings. The second-order valence-corrected chi connectivity index (χ2v) is 5.66. The molecule has 1 heterocycles. The lowest BCUT2D eigenvalue weighted by atomic mass is 10.1. The number of hydrogen-bond acceptors (Lipinski definition) is 4. The van der Waals surface area contributed by atoms with E-state index in [1.807, 2.05) is 19.2 Å². The van der Waals surface area contributed by atoms with Crippen LogP contribution in [0.3, 0.4) is 0 Å². The lowest BCUT2D eigenvalue weighted by molar-refractivity contribution is 0.718. The molecule has 1 aromatic heterocycles. The minimum Gasteiger partial charge on any atom is -0.394 e. The van der Waals surface area contributed by atoms with Crippen molar-refractivity contribution in [3.8, 4) is 0 Å². The van der Waals surface area contributed by atoms with Crippen LogP contribution in [0.1, 0.15) is 25.5 Å². The van der Waals surface area contributed by atoms with Gasteiger partial charge in [-0.05, 0) is 36.4 Å². The summed E-state index contributed by atoms with van der Waals surface area (Å²) in [5, 5.41) is 7.80. The van der Waals surface area contributed by atoms with Crippen molar-refractivity contribution in [1.82, 2.24) is 9.78 Å². The van der Waals surface area contributed by atoms with Gasteiger partial charge < -0.3 is 11.1 Å². The van der Waals surface area contributed by atoms with Crippen molar-refractivity contribution in [1.29, 1.82) is 0 Å². The van der Waals surface area contributed by atoms with Crippen molar-refractivity contribution < 1.29 is 0 Å². The van der Waals surface area contributed by atoms with Crippen LogP contribution in [0.15, 0.2) is 29.2 Å². The van der Waals surface area contributed by atoms with Crippen LogP contribution in [0.25, 0.3) is 0 Å². The molecular weight excluding hydrogens is 256 g/mol. The number of aryl methyl sites for hydroxylation is 1. The number of nitrogens with zero attached hydrogens (tertiary/aromatic N) is 2. The molecule has 3 N–H and O–H groups in total. The van der Waals surface area contributed by atoms with Crippen LogP contribution in [0.4, 0.5) is 17.2 Å². The third kappa shape index (κ3) is 2.87. The van der Waals surface area contributed by atoms with Crippen molar-refractivity contribution >= 4 is 29.0 Å². The molecule has 0 atom stereocenters. The van der Waals surface area contributed by atoms with Gasteiger partial charge >= 0.3 is 0 Å². The van der Waals surface area contributed by atoms with Gasteiger partial charge in [0.25, 0.3) is 0 Å². The van der Waals surface area contributed by atoms with Gasteiger partial charge in [0.1, 0.15) is 0 Å². The van der Waals surface area contributed by atoms with Gasteiger partial charge in [-0.1, -0.05) is 13.8 Å². The fraction of sp³-hybridized carbons (Fsp3) is 0.357. The number of anilines is 3. The van der Waals surface area contributed by atoms with E-state index in [9.17, 15) is 0 Å². The molecule has 2 aromatic rings. The van der Waals surface area contributed by atoms with Crippen LogP contribution in [0, 0.1) is 0 Å². The molecule has 0 aliphatic heterocycles. The Bertz CT molecular complexity index is 558. The van der Waals surface area contributed by atoms with E-state index in [-0.39, 0.29) is 0 Å². The molecule has 0 bridgehead atoms. The Morgan fingerprint density at radius 2 is 1.89 bits per heavy atom. The predicted molar refractivity (Wildman–Crippen MR) is 83.2 cm³/mol. The summed E-state index contributed by atoms with van der Waals surface area (Å²) in [5.41, 5.74) is 8.84. The van der Waals surface area contributed by atoms with Crippen LogP contribution in [0.2, 0.25) is 0 Å². The van der Waals surface area contributed by atoms with Gasteiger partial charge in [0, 0.05) is 17.6 Å². The molecule has 0 spiro atoms. The lowest BCUT2D eigenvalue weighted by Crippen LogP contribution is -2.01. The minimum atomic E-state index is 0.320. The fourth-order valence-corrected chi connectivity index (χ4v) is 2.36. The zero-order valence-corrected chi connectivity index (χ0v) is 12.6. The van der Waals surface area contributed by atoms with E-state index in [1.54, 1.807) is 16.4 Å². The quantitative estimate of drug-likeness (QED) is 0.838. The Balaban J connectivity index is 2.27. The third-order valence-corrected chi connectivity index (χ3v) is 3.76. The highest BCUT2D eigenvalue weighted by Crippen LogP contribution is 2.30. The molecule has 0 radical (unpaired) electrons. The lowest BCUT2D eigenvalue weighted by Gasteiger charge is -2.08. The normalized spacial score (nSPS) is 11.0. The largest absolute Gasteiger partial charge is 0.394 e. The predicted octanol–water partition coefficient (Wildman–Crippen LogP) is 3.59. The molecule has 0 amide bonds. The first-order valence-electron chi connectivity index (χ1n) is 6.26. The third-order valence-electron chi connectivity index (χ3n) is 3.01. The summed E-state index contributed by atoms with van der Waals surface area (Å²) in [6, 6.07) is 8.27. The van der Waals surface area contributed by atoms with Crippen molar-refractivity contribution in [2.75, 3.05) is 17.3 Å². The Morgan fingerprint density at radius 1 is 1.26 bits per heavy atom. The molecule has 19 heavy (non-hydrogen) atoms. The zero-order chi connectivity index (χ0) is 14.0. The number of nitrogens with one attached hydrogen (secondary N) is 1. The van der Waals surface area contributed by atoms with Gasteiger partial charge in [-0.25, -0.2) is 0 Å². The molecule has 0 unspecified atom stereocenters. The highest BCUT2D eigenvalue weighted by atomic mass is 32.2. The van der Waals surface area contributed by atoms with Crippen molar-refractivity contribution in [3.05, 3.63) is 30.0 Å². The zero-order valence-electron chi connectivity index (χ0n) is 11.8. The van der Waals surface area contributed by atoms with E-state index < -0.39 is 0 Å². The minimum absolute atomic E-state index is 0.320. The topological polar surface area (TPSA) is 55.9 Å². The number of aromatic nitrogens is 2. The van der Waals surface area contributed by atoms with Gasteiger partial charge in [-0.2, -0.15) is 5.10 Å². The molecule has 102 valence electrons. The van der Waals surface area contributed by atoms with Gasteiger partial charge in [0.2, 0.25) is 0 Å². The van der Waals surface area contributed by atoms with Crippen LogP contribution >= 0.6 is 11.8 Å². The average molecular weight is 276 g/mol. The number of rotatable bonds is 4. The van der Waals surface area contributed by atoms with Crippen molar-refractivity contribution in [3.63, 3.8) is 0 Å². The molecular formula is C14H20N4S. The Kier molecular flexibility index (Phi) is 4.04. The van der Waals surface area contributed by atoms with Crippen LogP contribution in [-0.2, 0) is 7.05 Å². The second kappa shape index (κ2) is 5.57. The molecule has 0 saturated heterocycles. The summed E-state index contributed by atoms with van der Waals surface area (Å²) in [6.07, 6.45) is 2.07. The van der Waals surface area contributed by atoms with E-state index in [0.717, 1.165) is 22.9 Å². The average Bonchev–Trinajstić information content (AvgIpc) is 2.68. The standard InChI is InChI=1S/C14H20N4S/c1-9(2)13-12(15)14(18(3)17-13)16-10-5-7-11(19-4)8-6-10/h5-9,16H,15H2,1-4H3. The van der Waals surface area contributed by atoms with Gasteiger partial charge in [-0.3, -0.25) is 4.68 Å². The Hall–Kier alpha value is -1.62. The van der Waals surface area contributed by atoms with Crippen LogP contribution < -0.4 is 11.1 Å². The SMILES string of the molecule is CSc1ccc(Nc2c(N)c(C(C)C)nn2C)cc1. The molecule has 4 nitrogen and oxygen atoms in total. The van der Waals surface area contributed by atoms with Crippen LogP contribution in [0.5, 0.6) is 0 Å². The highest BCUT2D eigenvalue weighted by molar-refractivity contribution is 7.98.